The molecular weight excluding hydrogens is 412 g/mol. The normalized spacial score (nSPS) is 19.6. The summed E-state index contributed by atoms with van der Waals surface area (Å²) in [5, 5.41) is 3.44. The van der Waals surface area contributed by atoms with Crippen molar-refractivity contribution in [2.24, 2.45) is 5.41 Å². The third-order valence-corrected chi connectivity index (χ3v) is 7.32. The first kappa shape index (κ1) is 23.6. The Morgan fingerprint density at radius 2 is 1.85 bits per heavy atom. The lowest BCUT2D eigenvalue weighted by molar-refractivity contribution is -0.132. The molecule has 0 bridgehead atoms. The molecule has 1 aromatic heterocycles. The van der Waals surface area contributed by atoms with Crippen molar-refractivity contribution in [3.8, 4) is 5.75 Å². The summed E-state index contributed by atoms with van der Waals surface area (Å²) in [4.78, 5) is 22.5. The number of benzene rings is 1. The highest BCUT2D eigenvalue weighted by Crippen LogP contribution is 2.36. The summed E-state index contributed by atoms with van der Waals surface area (Å²) in [6, 6.07) is 12.4. The average Bonchev–Trinajstić information content (AvgIpc) is 2.85. The van der Waals surface area contributed by atoms with Crippen LogP contribution in [0.25, 0.3) is 0 Å². The number of amides is 1. The Kier molecular flexibility index (Phi) is 7.86. The highest BCUT2D eigenvalue weighted by molar-refractivity contribution is 5.82. The SMILES string of the molecule is COc1ccccc1N1CCN(CC(Cc2cccnc2)NC(=O)C2(C)CCCCC2)CC1. The molecule has 1 aromatic carbocycles. The van der Waals surface area contributed by atoms with Gasteiger partial charge in [-0.3, -0.25) is 14.7 Å². The number of ether oxygens (including phenoxy) is 1. The van der Waals surface area contributed by atoms with Crippen molar-refractivity contribution < 1.29 is 9.53 Å². The lowest BCUT2D eigenvalue weighted by Crippen LogP contribution is -2.54. The fourth-order valence-corrected chi connectivity index (χ4v) is 5.26. The Morgan fingerprint density at radius 1 is 1.09 bits per heavy atom. The summed E-state index contributed by atoms with van der Waals surface area (Å²) in [6.45, 7) is 6.84. The number of carbonyl (C=O) groups excluding carboxylic acids is 1. The maximum absolute atomic E-state index is 13.3. The van der Waals surface area contributed by atoms with Gasteiger partial charge >= 0.3 is 0 Å². The number of nitrogens with one attached hydrogen (secondary N) is 1. The van der Waals surface area contributed by atoms with E-state index >= 15 is 0 Å². The van der Waals surface area contributed by atoms with Crippen LogP contribution in [0.5, 0.6) is 5.75 Å². The molecule has 33 heavy (non-hydrogen) atoms. The lowest BCUT2D eigenvalue weighted by Gasteiger charge is -2.39. The number of carbonyl (C=O) groups is 1. The summed E-state index contributed by atoms with van der Waals surface area (Å²) in [6.07, 6.45) is 10.1. The van der Waals surface area contributed by atoms with E-state index in [4.69, 9.17) is 4.74 Å². The predicted molar refractivity (Wildman–Crippen MR) is 133 cm³/mol. The maximum Gasteiger partial charge on any atom is 0.226 e. The number of rotatable bonds is 8. The van der Waals surface area contributed by atoms with Gasteiger partial charge in [-0.25, -0.2) is 0 Å². The number of aromatic nitrogens is 1. The number of methoxy groups -OCH3 is 1. The number of para-hydroxylation sites is 2. The van der Waals surface area contributed by atoms with Crippen molar-refractivity contribution in [3.63, 3.8) is 0 Å². The van der Waals surface area contributed by atoms with Gasteiger partial charge in [-0.05, 0) is 43.0 Å². The largest absolute Gasteiger partial charge is 0.495 e. The molecular formula is C27H38N4O2. The Labute approximate surface area is 198 Å². The van der Waals surface area contributed by atoms with Gasteiger partial charge in [0.2, 0.25) is 5.91 Å². The second-order valence-electron chi connectivity index (χ2n) is 9.82. The van der Waals surface area contributed by atoms with E-state index in [-0.39, 0.29) is 17.4 Å². The van der Waals surface area contributed by atoms with Gasteiger partial charge in [0, 0.05) is 56.6 Å². The first-order valence-corrected chi connectivity index (χ1v) is 12.4. The lowest BCUT2D eigenvalue weighted by atomic mass is 9.75. The molecule has 1 saturated carbocycles. The molecule has 0 spiro atoms. The molecule has 6 nitrogen and oxygen atoms in total. The van der Waals surface area contributed by atoms with Crippen LogP contribution in [0.3, 0.4) is 0 Å². The molecule has 4 rings (SSSR count). The third kappa shape index (κ3) is 6.05. The molecule has 1 aliphatic heterocycles. The van der Waals surface area contributed by atoms with E-state index in [0.717, 1.165) is 76.3 Å². The van der Waals surface area contributed by atoms with Gasteiger partial charge in [0.15, 0.2) is 0 Å². The van der Waals surface area contributed by atoms with Gasteiger partial charge in [0.1, 0.15) is 5.75 Å². The molecule has 1 saturated heterocycles. The minimum Gasteiger partial charge on any atom is -0.495 e. The number of nitrogens with zero attached hydrogens (tertiary/aromatic N) is 3. The van der Waals surface area contributed by atoms with Crippen LogP contribution in [0.2, 0.25) is 0 Å². The number of hydrogen-bond acceptors (Lipinski definition) is 5. The van der Waals surface area contributed by atoms with E-state index in [2.05, 4.69) is 45.2 Å². The molecule has 2 heterocycles. The minimum absolute atomic E-state index is 0.0817. The molecule has 0 radical (unpaired) electrons. The van der Waals surface area contributed by atoms with Gasteiger partial charge in [-0.1, -0.05) is 44.4 Å². The number of pyridine rings is 1. The van der Waals surface area contributed by atoms with Crippen molar-refractivity contribution in [1.29, 1.82) is 0 Å². The summed E-state index contributed by atoms with van der Waals surface area (Å²) < 4.78 is 5.56. The predicted octanol–water partition coefficient (Wildman–Crippen LogP) is 3.91. The zero-order chi connectivity index (χ0) is 23.1. The van der Waals surface area contributed by atoms with Gasteiger partial charge < -0.3 is 15.0 Å². The van der Waals surface area contributed by atoms with E-state index in [0.29, 0.717) is 0 Å². The van der Waals surface area contributed by atoms with E-state index in [1.165, 1.54) is 12.0 Å². The standard InChI is InChI=1S/C27H38N4O2/c1-27(12-6-3-7-13-27)26(32)29-23(19-22-9-8-14-28-20-22)21-30-15-17-31(18-16-30)24-10-4-5-11-25(24)33-2/h4-5,8-11,14,20,23H,3,6-7,12-13,15-19,21H2,1-2H3,(H,29,32). The van der Waals surface area contributed by atoms with Gasteiger partial charge in [0.25, 0.3) is 0 Å². The molecule has 2 aromatic rings. The summed E-state index contributed by atoms with van der Waals surface area (Å²) >= 11 is 0. The number of piperazine rings is 1. The topological polar surface area (TPSA) is 57.7 Å². The van der Waals surface area contributed by atoms with Crippen molar-refractivity contribution in [2.75, 3.05) is 44.7 Å². The third-order valence-electron chi connectivity index (χ3n) is 7.32. The van der Waals surface area contributed by atoms with Gasteiger partial charge in [0.05, 0.1) is 12.8 Å². The van der Waals surface area contributed by atoms with E-state index in [9.17, 15) is 4.79 Å². The van der Waals surface area contributed by atoms with Crippen molar-refractivity contribution >= 4 is 11.6 Å². The first-order valence-electron chi connectivity index (χ1n) is 12.4. The van der Waals surface area contributed by atoms with Crippen LogP contribution >= 0.6 is 0 Å². The molecule has 2 fully saturated rings. The van der Waals surface area contributed by atoms with Crippen LogP contribution < -0.4 is 15.0 Å². The molecule has 1 aliphatic carbocycles. The molecule has 1 atom stereocenters. The molecule has 1 amide bonds. The Balaban J connectivity index is 1.39. The Bertz CT molecular complexity index is 890. The summed E-state index contributed by atoms with van der Waals surface area (Å²) in [7, 11) is 1.73. The van der Waals surface area contributed by atoms with Crippen LogP contribution in [0.4, 0.5) is 5.69 Å². The molecule has 2 aliphatic rings. The van der Waals surface area contributed by atoms with Crippen LogP contribution in [0.1, 0.15) is 44.6 Å². The fourth-order valence-electron chi connectivity index (χ4n) is 5.26. The Hall–Kier alpha value is -2.60. The fraction of sp³-hybridized carbons (Fsp3) is 0.556. The van der Waals surface area contributed by atoms with Crippen LogP contribution in [-0.2, 0) is 11.2 Å². The zero-order valence-electron chi connectivity index (χ0n) is 20.1. The summed E-state index contributed by atoms with van der Waals surface area (Å²) in [5.74, 6) is 1.15. The zero-order valence-corrected chi connectivity index (χ0v) is 20.1. The van der Waals surface area contributed by atoms with Crippen LogP contribution in [0.15, 0.2) is 48.8 Å². The van der Waals surface area contributed by atoms with Crippen LogP contribution in [-0.4, -0.2) is 61.7 Å². The smallest absolute Gasteiger partial charge is 0.226 e. The monoisotopic (exact) mass is 450 g/mol. The minimum atomic E-state index is -0.228. The van der Waals surface area contributed by atoms with Crippen molar-refractivity contribution in [1.82, 2.24) is 15.2 Å². The van der Waals surface area contributed by atoms with Crippen molar-refractivity contribution in [2.45, 2.75) is 51.5 Å². The van der Waals surface area contributed by atoms with E-state index in [1.54, 1.807) is 13.3 Å². The summed E-state index contributed by atoms with van der Waals surface area (Å²) in [5.41, 5.74) is 2.10. The average molecular weight is 451 g/mol. The Morgan fingerprint density at radius 3 is 2.55 bits per heavy atom. The van der Waals surface area contributed by atoms with Gasteiger partial charge in [-0.2, -0.15) is 0 Å². The molecule has 178 valence electrons. The van der Waals surface area contributed by atoms with Gasteiger partial charge in [-0.15, -0.1) is 0 Å². The van der Waals surface area contributed by atoms with E-state index < -0.39 is 0 Å². The number of anilines is 1. The molecule has 1 unspecified atom stereocenters. The maximum atomic E-state index is 13.3. The van der Waals surface area contributed by atoms with E-state index in [1.807, 2.05) is 24.4 Å². The van der Waals surface area contributed by atoms with Crippen LogP contribution in [0, 0.1) is 5.41 Å². The number of hydrogen-bond donors (Lipinski definition) is 1. The highest BCUT2D eigenvalue weighted by atomic mass is 16.5. The second-order valence-corrected chi connectivity index (χ2v) is 9.82. The second kappa shape index (κ2) is 11.0. The van der Waals surface area contributed by atoms with Crippen molar-refractivity contribution in [3.05, 3.63) is 54.4 Å². The quantitative estimate of drug-likeness (QED) is 0.661. The highest BCUT2D eigenvalue weighted by Gasteiger charge is 2.36. The first-order chi connectivity index (χ1) is 16.1. The molecule has 6 heteroatoms. The molecule has 1 N–H and O–H groups in total.